The van der Waals surface area contributed by atoms with Crippen molar-refractivity contribution in [1.82, 2.24) is 4.90 Å². The number of carbonyl (C=O) groups is 2. The molecule has 0 fully saturated rings. The van der Waals surface area contributed by atoms with Gasteiger partial charge in [-0.25, -0.2) is 0 Å². The fourth-order valence-corrected chi connectivity index (χ4v) is 6.67. The van der Waals surface area contributed by atoms with Crippen LogP contribution in [0.2, 0.25) is 0 Å². The molecule has 10 heteroatoms. The SMILES string of the molecule is CCCCC1(C)C(O)(OCc2ccccc2)C(C(=O)N2Cc3ccc(OCCCl)cc3C2)=CC(C(N)=O)C1(O)OCc1ccccc1. The molecule has 2 amide bonds. The van der Waals surface area contributed by atoms with E-state index in [1.807, 2.05) is 85.8 Å². The van der Waals surface area contributed by atoms with Gasteiger partial charge in [0.05, 0.1) is 30.1 Å². The Morgan fingerprint density at radius 3 is 2.15 bits per heavy atom. The zero-order valence-corrected chi connectivity index (χ0v) is 27.6. The van der Waals surface area contributed by atoms with Crippen molar-refractivity contribution >= 4 is 23.4 Å². The molecule has 0 aromatic heterocycles. The summed E-state index contributed by atoms with van der Waals surface area (Å²) in [5.74, 6) is -6.68. The normalized spacial score (nSPS) is 25.3. The summed E-state index contributed by atoms with van der Waals surface area (Å²) in [5.41, 5.74) is 7.36. The van der Waals surface area contributed by atoms with Gasteiger partial charge in [-0.1, -0.05) is 92.6 Å². The summed E-state index contributed by atoms with van der Waals surface area (Å²) in [6.07, 6.45) is 2.61. The van der Waals surface area contributed by atoms with Crippen LogP contribution in [0.4, 0.5) is 0 Å². The summed E-state index contributed by atoms with van der Waals surface area (Å²) in [4.78, 5) is 29.3. The molecule has 0 bridgehead atoms. The summed E-state index contributed by atoms with van der Waals surface area (Å²) >= 11 is 5.79. The van der Waals surface area contributed by atoms with Crippen LogP contribution >= 0.6 is 11.6 Å². The van der Waals surface area contributed by atoms with Crippen molar-refractivity contribution in [3.05, 3.63) is 113 Å². The van der Waals surface area contributed by atoms with Crippen molar-refractivity contribution in [2.45, 2.75) is 71.0 Å². The number of unbranched alkanes of at least 4 members (excludes halogenated alkanes) is 1. The van der Waals surface area contributed by atoms with E-state index in [-0.39, 0.29) is 38.3 Å². The highest BCUT2D eigenvalue weighted by atomic mass is 35.5. The standard InChI is InChI=1S/C37H43ClN2O7/c1-3-4-17-35(2)36(43,46-24-26-11-7-5-8-12-26)31(33(39)41)21-32(37(35,44)47-25-27-13-9-6-10-14-27)34(42)40-22-28-15-16-30(45-19-18-38)20-29(28)23-40/h5-16,20-21,31,43-44H,3-4,17-19,22-25H2,1-2H3,(H2,39,41). The molecule has 9 nitrogen and oxygen atoms in total. The summed E-state index contributed by atoms with van der Waals surface area (Å²) in [7, 11) is 0. The number of benzene rings is 3. The van der Waals surface area contributed by atoms with Gasteiger partial charge in [-0.2, -0.15) is 0 Å². The van der Waals surface area contributed by atoms with Crippen molar-refractivity contribution in [3.8, 4) is 5.75 Å². The van der Waals surface area contributed by atoms with E-state index in [9.17, 15) is 19.8 Å². The molecule has 3 aromatic rings. The molecule has 4 unspecified atom stereocenters. The highest BCUT2D eigenvalue weighted by Gasteiger charge is 2.70. The number of nitrogens with two attached hydrogens (primary N) is 1. The monoisotopic (exact) mass is 662 g/mol. The van der Waals surface area contributed by atoms with Crippen LogP contribution < -0.4 is 10.5 Å². The molecule has 250 valence electrons. The summed E-state index contributed by atoms with van der Waals surface area (Å²) < 4.78 is 18.3. The predicted molar refractivity (Wildman–Crippen MR) is 178 cm³/mol. The highest BCUT2D eigenvalue weighted by Crippen LogP contribution is 2.57. The molecule has 0 radical (unpaired) electrons. The molecule has 0 spiro atoms. The quantitative estimate of drug-likeness (QED) is 0.160. The Kier molecular flexibility index (Phi) is 10.7. The van der Waals surface area contributed by atoms with E-state index in [0.717, 1.165) is 22.3 Å². The number of ether oxygens (including phenoxy) is 3. The van der Waals surface area contributed by atoms with Crippen LogP contribution in [0.15, 0.2) is 90.5 Å². The number of fused-ring (bicyclic) bond motifs is 1. The molecule has 1 aliphatic carbocycles. The smallest absolute Gasteiger partial charge is 0.255 e. The number of nitrogens with zero attached hydrogens (tertiary/aromatic N) is 1. The van der Waals surface area contributed by atoms with Crippen molar-refractivity contribution in [1.29, 1.82) is 0 Å². The Hall–Kier alpha value is -3.73. The average Bonchev–Trinajstić information content (AvgIpc) is 3.51. The molecule has 0 saturated heterocycles. The third kappa shape index (κ3) is 6.82. The Bertz CT molecular complexity index is 1590. The molecule has 5 rings (SSSR count). The van der Waals surface area contributed by atoms with E-state index in [2.05, 4.69) is 0 Å². The summed E-state index contributed by atoms with van der Waals surface area (Å²) in [5, 5.41) is 25.5. The maximum absolute atomic E-state index is 14.6. The lowest BCUT2D eigenvalue weighted by molar-refractivity contribution is -0.381. The van der Waals surface area contributed by atoms with Gasteiger partial charge in [-0.15, -0.1) is 11.6 Å². The van der Waals surface area contributed by atoms with Gasteiger partial charge in [0.1, 0.15) is 18.3 Å². The van der Waals surface area contributed by atoms with Crippen molar-refractivity contribution in [2.75, 3.05) is 12.5 Å². The van der Waals surface area contributed by atoms with Crippen LogP contribution in [0, 0.1) is 11.3 Å². The van der Waals surface area contributed by atoms with Crippen LogP contribution in [0.3, 0.4) is 0 Å². The van der Waals surface area contributed by atoms with Gasteiger partial charge >= 0.3 is 0 Å². The number of rotatable bonds is 14. The summed E-state index contributed by atoms with van der Waals surface area (Å²) in [6, 6.07) is 24.0. The number of hydrogen-bond donors (Lipinski definition) is 3. The predicted octanol–water partition coefficient (Wildman–Crippen LogP) is 5.20. The minimum atomic E-state index is -2.39. The number of carbonyl (C=O) groups excluding carboxylic acids is 2. The Morgan fingerprint density at radius 2 is 1.55 bits per heavy atom. The molecule has 3 aromatic carbocycles. The third-order valence-electron chi connectivity index (χ3n) is 9.35. The zero-order valence-electron chi connectivity index (χ0n) is 26.9. The van der Waals surface area contributed by atoms with E-state index in [4.69, 9.17) is 31.5 Å². The Labute approximate surface area is 280 Å². The molecular formula is C37H43ClN2O7. The largest absolute Gasteiger partial charge is 0.492 e. The summed E-state index contributed by atoms with van der Waals surface area (Å²) in [6.45, 7) is 4.26. The van der Waals surface area contributed by atoms with Gasteiger partial charge in [-0.3, -0.25) is 9.59 Å². The number of primary amides is 1. The average molecular weight is 663 g/mol. The van der Waals surface area contributed by atoms with Crippen LogP contribution in [-0.2, 0) is 45.4 Å². The van der Waals surface area contributed by atoms with E-state index < -0.39 is 34.7 Å². The second-order valence-electron chi connectivity index (χ2n) is 12.4. The van der Waals surface area contributed by atoms with Crippen molar-refractivity contribution in [3.63, 3.8) is 0 Å². The van der Waals surface area contributed by atoms with E-state index in [1.165, 1.54) is 6.08 Å². The van der Waals surface area contributed by atoms with Crippen LogP contribution in [-0.4, -0.2) is 51.0 Å². The first-order valence-electron chi connectivity index (χ1n) is 16.0. The van der Waals surface area contributed by atoms with Gasteiger partial charge in [0.15, 0.2) is 5.79 Å². The molecule has 1 aliphatic heterocycles. The molecule has 4 N–H and O–H groups in total. The molecule has 0 saturated carbocycles. The Morgan fingerprint density at radius 1 is 0.936 bits per heavy atom. The van der Waals surface area contributed by atoms with Crippen molar-refractivity contribution in [2.24, 2.45) is 17.1 Å². The fraction of sp³-hybridized carbons (Fsp3) is 0.405. The van der Waals surface area contributed by atoms with Gasteiger partial charge in [0.2, 0.25) is 11.7 Å². The highest BCUT2D eigenvalue weighted by molar-refractivity contribution is 6.18. The number of hydrogen-bond acceptors (Lipinski definition) is 7. The van der Waals surface area contributed by atoms with Crippen LogP contribution in [0.1, 0.15) is 55.4 Å². The number of aliphatic hydroxyl groups is 2. The molecular weight excluding hydrogens is 620 g/mol. The lowest BCUT2D eigenvalue weighted by Gasteiger charge is -2.57. The molecule has 4 atom stereocenters. The van der Waals surface area contributed by atoms with Crippen LogP contribution in [0.25, 0.3) is 0 Å². The van der Waals surface area contributed by atoms with Gasteiger partial charge in [0.25, 0.3) is 5.91 Å². The minimum absolute atomic E-state index is 0.0791. The lowest BCUT2D eigenvalue weighted by Crippen LogP contribution is -2.71. The van der Waals surface area contributed by atoms with Gasteiger partial charge < -0.3 is 35.1 Å². The number of alkyl halides is 1. The second kappa shape index (κ2) is 14.6. The second-order valence-corrected chi connectivity index (χ2v) is 12.8. The molecule has 2 aliphatic rings. The third-order valence-corrected chi connectivity index (χ3v) is 9.51. The molecule has 1 heterocycles. The topological polar surface area (TPSA) is 132 Å². The maximum Gasteiger partial charge on any atom is 0.255 e. The fourth-order valence-electron chi connectivity index (χ4n) is 6.59. The number of amides is 2. The first kappa shape index (κ1) is 34.6. The Balaban J connectivity index is 1.59. The van der Waals surface area contributed by atoms with E-state index in [1.54, 1.807) is 11.8 Å². The van der Waals surface area contributed by atoms with E-state index >= 15 is 0 Å². The van der Waals surface area contributed by atoms with Crippen LogP contribution in [0.5, 0.6) is 5.75 Å². The first-order chi connectivity index (χ1) is 22.6. The van der Waals surface area contributed by atoms with E-state index in [0.29, 0.717) is 31.1 Å². The maximum atomic E-state index is 14.6. The first-order valence-corrected chi connectivity index (χ1v) is 16.5. The molecule has 47 heavy (non-hydrogen) atoms. The van der Waals surface area contributed by atoms with Gasteiger partial charge in [-0.05, 0) is 47.7 Å². The minimum Gasteiger partial charge on any atom is -0.492 e. The van der Waals surface area contributed by atoms with Crippen molar-refractivity contribution < 1.29 is 34.0 Å². The lowest BCUT2D eigenvalue weighted by atomic mass is 9.59. The van der Waals surface area contributed by atoms with Gasteiger partial charge in [0, 0.05) is 13.1 Å². The zero-order chi connectivity index (χ0) is 33.7. The number of halogens is 1.